The first-order valence-electron chi connectivity index (χ1n) is 10.2. The first-order valence-corrected chi connectivity index (χ1v) is 10.2. The van der Waals surface area contributed by atoms with Crippen LogP contribution in [0.25, 0.3) is 0 Å². The zero-order chi connectivity index (χ0) is 20.0. The lowest BCUT2D eigenvalue weighted by atomic mass is 10.1. The summed E-state index contributed by atoms with van der Waals surface area (Å²) >= 11 is 0. The highest BCUT2D eigenvalue weighted by Gasteiger charge is 2.42. The molecule has 1 aromatic heterocycles. The van der Waals surface area contributed by atoms with E-state index in [-0.39, 0.29) is 30.2 Å². The molecule has 0 radical (unpaired) electrons. The average molecular weight is 396 g/mol. The molecule has 0 N–H and O–H groups in total. The van der Waals surface area contributed by atoms with E-state index in [0.717, 1.165) is 42.9 Å². The van der Waals surface area contributed by atoms with Crippen molar-refractivity contribution in [1.82, 2.24) is 15.0 Å². The zero-order valence-corrected chi connectivity index (χ0v) is 16.4. The second-order valence-electron chi connectivity index (χ2n) is 8.06. The average Bonchev–Trinajstić information content (AvgIpc) is 3.14. The minimum absolute atomic E-state index is 0.00281. The van der Waals surface area contributed by atoms with E-state index in [1.54, 1.807) is 12.0 Å². The fourth-order valence-corrected chi connectivity index (χ4v) is 4.30. The number of anilines is 1. The summed E-state index contributed by atoms with van der Waals surface area (Å²) in [7, 11) is 1.61. The van der Waals surface area contributed by atoms with E-state index in [2.05, 4.69) is 10.1 Å². The predicted molar refractivity (Wildman–Crippen MR) is 103 cm³/mol. The topological polar surface area (TPSA) is 88.8 Å². The molecule has 0 bridgehead atoms. The first-order chi connectivity index (χ1) is 14.1. The van der Waals surface area contributed by atoms with E-state index in [1.807, 2.05) is 29.2 Å². The number of methoxy groups -OCH3 is 1. The third kappa shape index (κ3) is 3.36. The molecule has 1 saturated carbocycles. The van der Waals surface area contributed by atoms with Gasteiger partial charge in [-0.1, -0.05) is 5.16 Å². The molecule has 2 atom stereocenters. The van der Waals surface area contributed by atoms with Crippen LogP contribution in [0, 0.1) is 5.92 Å². The van der Waals surface area contributed by atoms with Crippen LogP contribution >= 0.6 is 0 Å². The fourth-order valence-electron chi connectivity index (χ4n) is 4.30. The van der Waals surface area contributed by atoms with Gasteiger partial charge in [0.1, 0.15) is 11.8 Å². The van der Waals surface area contributed by atoms with E-state index in [9.17, 15) is 9.59 Å². The van der Waals surface area contributed by atoms with Gasteiger partial charge in [-0.15, -0.1) is 0 Å². The zero-order valence-electron chi connectivity index (χ0n) is 16.4. The molecule has 3 fully saturated rings. The van der Waals surface area contributed by atoms with Crippen molar-refractivity contribution in [2.24, 2.45) is 5.92 Å². The molecule has 8 heteroatoms. The largest absolute Gasteiger partial charge is 0.497 e. The number of nitrogens with zero attached hydrogens (tertiary/aromatic N) is 4. The van der Waals surface area contributed by atoms with Gasteiger partial charge in [0.15, 0.2) is 5.82 Å². The van der Waals surface area contributed by atoms with Crippen LogP contribution in [0.1, 0.15) is 55.8 Å². The van der Waals surface area contributed by atoms with Crippen LogP contribution in [-0.4, -0.2) is 47.1 Å². The molecule has 2 amide bonds. The maximum atomic E-state index is 13.2. The van der Waals surface area contributed by atoms with Crippen molar-refractivity contribution in [3.8, 4) is 5.75 Å². The van der Waals surface area contributed by atoms with Crippen molar-refractivity contribution in [3.63, 3.8) is 0 Å². The summed E-state index contributed by atoms with van der Waals surface area (Å²) in [6.07, 6.45) is 4.17. The number of hydrogen-bond donors (Lipinski definition) is 0. The summed E-state index contributed by atoms with van der Waals surface area (Å²) in [5, 5.41) is 4.10. The fraction of sp³-hybridized carbons (Fsp3) is 0.524. The van der Waals surface area contributed by atoms with Crippen molar-refractivity contribution >= 4 is 17.5 Å². The van der Waals surface area contributed by atoms with Gasteiger partial charge in [0.25, 0.3) is 0 Å². The Labute approximate surface area is 168 Å². The first kappa shape index (κ1) is 18.1. The van der Waals surface area contributed by atoms with Crippen molar-refractivity contribution in [1.29, 1.82) is 0 Å². The lowest BCUT2D eigenvalue weighted by Crippen LogP contribution is -2.37. The van der Waals surface area contributed by atoms with Crippen LogP contribution in [0.3, 0.4) is 0 Å². The number of ether oxygens (including phenoxy) is 1. The highest BCUT2D eigenvalue weighted by molar-refractivity contribution is 6.00. The van der Waals surface area contributed by atoms with Gasteiger partial charge in [0.2, 0.25) is 17.7 Å². The minimum Gasteiger partial charge on any atom is -0.497 e. The number of carbonyl (C=O) groups excluding carboxylic acids is 2. The summed E-state index contributed by atoms with van der Waals surface area (Å²) in [6, 6.07) is 7.16. The van der Waals surface area contributed by atoms with Gasteiger partial charge < -0.3 is 19.1 Å². The molecule has 2 aliphatic heterocycles. The summed E-state index contributed by atoms with van der Waals surface area (Å²) in [4.78, 5) is 33.9. The quantitative estimate of drug-likeness (QED) is 0.772. The van der Waals surface area contributed by atoms with Crippen LogP contribution in [0.5, 0.6) is 5.75 Å². The van der Waals surface area contributed by atoms with Gasteiger partial charge in [0, 0.05) is 31.1 Å². The smallest absolute Gasteiger partial charge is 0.249 e. The van der Waals surface area contributed by atoms with E-state index >= 15 is 0 Å². The van der Waals surface area contributed by atoms with E-state index in [0.29, 0.717) is 24.9 Å². The molecule has 1 aliphatic carbocycles. The molecule has 3 heterocycles. The van der Waals surface area contributed by atoms with Crippen LogP contribution < -0.4 is 9.64 Å². The van der Waals surface area contributed by atoms with Crippen molar-refractivity contribution in [3.05, 3.63) is 36.0 Å². The van der Waals surface area contributed by atoms with Crippen LogP contribution in [0.15, 0.2) is 28.8 Å². The maximum absolute atomic E-state index is 13.2. The lowest BCUT2D eigenvalue weighted by Gasteiger charge is -2.25. The third-order valence-corrected chi connectivity index (χ3v) is 6.08. The summed E-state index contributed by atoms with van der Waals surface area (Å²) in [5.74, 6) is 2.08. The molecule has 29 heavy (non-hydrogen) atoms. The van der Waals surface area contributed by atoms with Crippen molar-refractivity contribution in [2.75, 3.05) is 25.1 Å². The van der Waals surface area contributed by atoms with Gasteiger partial charge in [-0.2, -0.15) is 4.98 Å². The lowest BCUT2D eigenvalue weighted by molar-refractivity contribution is -0.137. The van der Waals surface area contributed by atoms with E-state index in [4.69, 9.17) is 9.26 Å². The van der Waals surface area contributed by atoms with Crippen LogP contribution in [-0.2, 0) is 9.59 Å². The maximum Gasteiger partial charge on any atom is 0.249 e. The Morgan fingerprint density at radius 1 is 1.21 bits per heavy atom. The molecule has 5 rings (SSSR count). The van der Waals surface area contributed by atoms with Crippen LogP contribution in [0.2, 0.25) is 0 Å². The van der Waals surface area contributed by atoms with E-state index in [1.165, 1.54) is 0 Å². The molecular weight excluding hydrogens is 372 g/mol. The van der Waals surface area contributed by atoms with Gasteiger partial charge in [0.05, 0.1) is 13.0 Å². The Bertz CT molecular complexity index is 921. The summed E-state index contributed by atoms with van der Waals surface area (Å²) < 4.78 is 10.7. The number of amides is 2. The number of rotatable bonds is 5. The molecule has 1 aromatic carbocycles. The normalized spacial score (nSPS) is 24.4. The molecule has 2 saturated heterocycles. The summed E-state index contributed by atoms with van der Waals surface area (Å²) in [5.41, 5.74) is 0.787. The third-order valence-electron chi connectivity index (χ3n) is 6.08. The Balaban J connectivity index is 1.29. The molecule has 2 unspecified atom stereocenters. The molecular formula is C21H24N4O4. The minimum atomic E-state index is -0.351. The highest BCUT2D eigenvalue weighted by Crippen LogP contribution is 2.40. The Hall–Kier alpha value is -2.90. The molecule has 152 valence electrons. The van der Waals surface area contributed by atoms with Crippen LogP contribution in [0.4, 0.5) is 5.69 Å². The molecule has 0 spiro atoms. The van der Waals surface area contributed by atoms with Crippen molar-refractivity contribution in [2.45, 2.75) is 44.1 Å². The second kappa shape index (κ2) is 7.17. The van der Waals surface area contributed by atoms with Gasteiger partial charge >= 0.3 is 0 Å². The summed E-state index contributed by atoms with van der Waals surface area (Å²) in [6.45, 7) is 1.06. The van der Waals surface area contributed by atoms with E-state index < -0.39 is 0 Å². The van der Waals surface area contributed by atoms with Gasteiger partial charge in [-0.05, 0) is 49.9 Å². The van der Waals surface area contributed by atoms with Crippen molar-refractivity contribution < 1.29 is 18.8 Å². The number of likely N-dealkylation sites (tertiary alicyclic amines) is 1. The predicted octanol–water partition coefficient (Wildman–Crippen LogP) is 2.67. The Morgan fingerprint density at radius 3 is 2.72 bits per heavy atom. The molecule has 3 aliphatic rings. The number of carbonyl (C=O) groups is 2. The molecule has 2 aromatic rings. The Kier molecular flexibility index (Phi) is 4.49. The Morgan fingerprint density at radius 2 is 2.00 bits per heavy atom. The SMILES string of the molecule is COc1ccc(N2CC(C(=O)N3CCCC3c3nc(C4CC4)no3)CC2=O)cc1. The molecule has 8 nitrogen and oxygen atoms in total. The standard InChI is InChI=1S/C21H24N4O4/c1-28-16-8-6-15(7-9-16)25-12-14(11-18(25)26)21(27)24-10-2-3-17(24)20-22-19(23-29-20)13-4-5-13/h6-9,13-14,17H,2-5,10-12H2,1H3. The number of hydrogen-bond acceptors (Lipinski definition) is 6. The number of benzene rings is 1. The van der Waals surface area contributed by atoms with Gasteiger partial charge in [-0.25, -0.2) is 0 Å². The second-order valence-corrected chi connectivity index (χ2v) is 8.06. The monoisotopic (exact) mass is 396 g/mol. The number of aromatic nitrogens is 2. The van der Waals surface area contributed by atoms with Gasteiger partial charge in [-0.3, -0.25) is 9.59 Å². The highest BCUT2D eigenvalue weighted by atomic mass is 16.5.